The van der Waals surface area contributed by atoms with Crippen LogP contribution in [0, 0.1) is 0 Å². The van der Waals surface area contributed by atoms with Gasteiger partial charge in [-0.25, -0.2) is 0 Å². The van der Waals surface area contributed by atoms with Crippen LogP contribution in [0.1, 0.15) is 13.8 Å². The first-order valence-corrected chi connectivity index (χ1v) is 6.84. The Morgan fingerprint density at radius 3 is 2.62 bits per heavy atom. The Bertz CT molecular complexity index is 551. The summed E-state index contributed by atoms with van der Waals surface area (Å²) in [6, 6.07) is 5.18. The van der Waals surface area contributed by atoms with Crippen LogP contribution in [0.4, 0.5) is 0 Å². The molecule has 1 N–H and O–H groups in total. The smallest absolute Gasteiger partial charge is 0.189 e. The maximum atomic E-state index is 5.77. The predicted octanol–water partition coefficient (Wildman–Crippen LogP) is -0.866. The Morgan fingerprint density at radius 1 is 1.29 bits per heavy atom. The lowest BCUT2D eigenvalue weighted by molar-refractivity contribution is 0.133. The molecule has 2 heterocycles. The molecule has 100 valence electrons. The maximum Gasteiger partial charge on any atom is 0.189 e. The van der Waals surface area contributed by atoms with Crippen molar-refractivity contribution in [1.29, 1.82) is 0 Å². The van der Waals surface area contributed by atoms with E-state index in [-0.39, 0.29) is 6.61 Å². The first-order valence-electron chi connectivity index (χ1n) is 6.84. The number of hydrogen-bond acceptors (Lipinski definition) is 4. The van der Waals surface area contributed by atoms with Crippen LogP contribution in [0.3, 0.4) is 0 Å². The summed E-state index contributed by atoms with van der Waals surface area (Å²) in [5.74, 6) is 0.958. The lowest BCUT2D eigenvalue weighted by Gasteiger charge is -2.30. The molecule has 0 fully saturated rings. The second-order valence-electron chi connectivity index (χ2n) is 4.64. The van der Waals surface area contributed by atoms with Crippen molar-refractivity contribution >= 4 is 42.7 Å². The minimum Gasteiger partial charge on any atom is -0.485 e. The van der Waals surface area contributed by atoms with Gasteiger partial charge in [0.25, 0.3) is 0 Å². The van der Waals surface area contributed by atoms with Gasteiger partial charge in [0.1, 0.15) is 28.1 Å². The number of nitrogens with zero attached hydrogens (tertiary/aromatic N) is 1. The van der Waals surface area contributed by atoms with E-state index in [1.54, 1.807) is 18.2 Å². The third kappa shape index (κ3) is 3.25. The van der Waals surface area contributed by atoms with Crippen molar-refractivity contribution in [2.75, 3.05) is 6.61 Å². The van der Waals surface area contributed by atoms with E-state index in [1.165, 1.54) is 0 Å². The van der Waals surface area contributed by atoms with Crippen LogP contribution in [-0.4, -0.2) is 61.2 Å². The van der Waals surface area contributed by atoms with Gasteiger partial charge in [-0.05, 0) is 17.5 Å². The van der Waals surface area contributed by atoms with Gasteiger partial charge < -0.3 is 14.8 Å². The second-order valence-corrected chi connectivity index (χ2v) is 4.64. The van der Waals surface area contributed by atoms with Crippen molar-refractivity contribution in [3.8, 4) is 11.5 Å². The molecular formula is C13H14B4N2O2. The van der Waals surface area contributed by atoms with E-state index < -0.39 is 17.4 Å². The summed E-state index contributed by atoms with van der Waals surface area (Å²) in [5, 5.41) is 1.58. The minimum absolute atomic E-state index is 0.283. The molecular weight excluding hydrogens is 259 g/mol. The third-order valence-electron chi connectivity index (χ3n) is 3.04. The normalized spacial score (nSPS) is 25.1. The molecule has 0 aromatic heterocycles. The molecule has 2 unspecified atom stereocenters. The summed E-state index contributed by atoms with van der Waals surface area (Å²) in [5.41, 5.74) is 0.613. The van der Waals surface area contributed by atoms with Crippen LogP contribution in [-0.2, 0) is 0 Å². The van der Waals surface area contributed by atoms with E-state index in [0.717, 1.165) is 0 Å². The lowest BCUT2D eigenvalue weighted by atomic mass is 9.54. The van der Waals surface area contributed by atoms with Gasteiger partial charge in [-0.1, -0.05) is 25.4 Å². The van der Waals surface area contributed by atoms with Gasteiger partial charge >= 0.3 is 0 Å². The Kier molecular flexibility index (Phi) is 4.64. The molecule has 0 saturated carbocycles. The van der Waals surface area contributed by atoms with Crippen LogP contribution < -0.4 is 20.3 Å². The highest BCUT2D eigenvalue weighted by molar-refractivity contribution is 6.46. The van der Waals surface area contributed by atoms with Gasteiger partial charge in [-0.3, -0.25) is 4.99 Å². The first-order chi connectivity index (χ1) is 9.95. The zero-order valence-electron chi connectivity index (χ0n) is 12.2. The summed E-state index contributed by atoms with van der Waals surface area (Å²) in [4.78, 5) is 4.16. The Labute approximate surface area is 130 Å². The van der Waals surface area contributed by atoms with E-state index in [0.29, 0.717) is 22.8 Å². The third-order valence-corrected chi connectivity index (χ3v) is 3.04. The molecule has 4 nitrogen and oxygen atoms in total. The van der Waals surface area contributed by atoms with Crippen molar-refractivity contribution in [3.05, 3.63) is 18.2 Å². The van der Waals surface area contributed by atoms with E-state index >= 15 is 0 Å². The van der Waals surface area contributed by atoms with E-state index in [1.807, 2.05) is 13.8 Å². The summed E-state index contributed by atoms with van der Waals surface area (Å²) in [6.07, 6.45) is -0.420. The molecule has 2 aliphatic heterocycles. The van der Waals surface area contributed by atoms with Crippen LogP contribution in [0.15, 0.2) is 23.2 Å². The number of aliphatic imine (C=N–C) groups is 1. The van der Waals surface area contributed by atoms with E-state index in [2.05, 4.69) is 10.3 Å². The molecule has 1 aromatic carbocycles. The summed E-state index contributed by atoms with van der Waals surface area (Å²) in [6.45, 7) is 4.28. The molecule has 0 saturated heterocycles. The molecule has 21 heavy (non-hydrogen) atoms. The Morgan fingerprint density at radius 2 is 2.00 bits per heavy atom. The SMILES string of the molecule is CC.[B]c1ccc2c(c1)OCC(C1=NC([B])C([B])([B])N1)O2. The molecule has 1 aromatic rings. The van der Waals surface area contributed by atoms with Crippen LogP contribution in [0.25, 0.3) is 0 Å². The number of fused-ring (bicyclic) bond motifs is 1. The van der Waals surface area contributed by atoms with Crippen molar-refractivity contribution in [3.63, 3.8) is 0 Å². The lowest BCUT2D eigenvalue weighted by Crippen LogP contribution is -2.55. The van der Waals surface area contributed by atoms with Crippen LogP contribution >= 0.6 is 0 Å². The molecule has 8 heteroatoms. The van der Waals surface area contributed by atoms with Gasteiger partial charge in [-0.15, -0.1) is 0 Å². The van der Waals surface area contributed by atoms with Crippen LogP contribution in [0.2, 0.25) is 0 Å². The zero-order valence-corrected chi connectivity index (χ0v) is 12.2. The predicted molar refractivity (Wildman–Crippen MR) is 87.4 cm³/mol. The fourth-order valence-electron chi connectivity index (χ4n) is 1.97. The van der Waals surface area contributed by atoms with Crippen molar-refractivity contribution in [2.24, 2.45) is 4.99 Å². The van der Waals surface area contributed by atoms with Crippen molar-refractivity contribution < 1.29 is 9.47 Å². The quantitative estimate of drug-likeness (QED) is 0.677. The number of benzene rings is 1. The number of hydrogen-bond donors (Lipinski definition) is 1. The highest BCUT2D eigenvalue weighted by Gasteiger charge is 2.36. The molecule has 8 radical (unpaired) electrons. The first kappa shape index (κ1) is 15.9. The molecule has 0 amide bonds. The summed E-state index contributed by atoms with van der Waals surface area (Å²) < 4.78 is 11.4. The standard InChI is InChI=1S/C11H8B4N2O2.C2H6/c12-5-1-2-6-7(3-5)18-4-8(19-6)9-16-10(13)11(14,15)17-9;1-2/h1-3,8,10H,4H2,(H,16,17);1-2H3. The summed E-state index contributed by atoms with van der Waals surface area (Å²) >= 11 is 0. The van der Waals surface area contributed by atoms with Gasteiger partial charge in [0, 0.05) is 5.94 Å². The molecule has 0 bridgehead atoms. The van der Waals surface area contributed by atoms with E-state index in [9.17, 15) is 0 Å². The zero-order chi connectivity index (χ0) is 15.6. The summed E-state index contributed by atoms with van der Waals surface area (Å²) in [7, 11) is 22.9. The molecule has 2 aliphatic rings. The highest BCUT2D eigenvalue weighted by atomic mass is 16.6. The van der Waals surface area contributed by atoms with Gasteiger partial charge in [0.05, 0.1) is 15.7 Å². The van der Waals surface area contributed by atoms with Crippen molar-refractivity contribution in [1.82, 2.24) is 5.32 Å². The van der Waals surface area contributed by atoms with E-state index in [4.69, 9.17) is 40.9 Å². The Balaban J connectivity index is 0.000000774. The fourth-order valence-corrected chi connectivity index (χ4v) is 1.97. The molecule has 2 atom stereocenters. The Hall–Kier alpha value is -1.45. The molecule has 0 spiro atoms. The van der Waals surface area contributed by atoms with Gasteiger partial charge in [-0.2, -0.15) is 0 Å². The fraction of sp³-hybridized carbons (Fsp3) is 0.462. The number of amidine groups is 1. The van der Waals surface area contributed by atoms with Gasteiger partial charge in [0.15, 0.2) is 17.6 Å². The average Bonchev–Trinajstić information content (AvgIpc) is 2.74. The van der Waals surface area contributed by atoms with Crippen molar-refractivity contribution in [2.45, 2.75) is 31.2 Å². The number of nitrogens with one attached hydrogen (secondary N) is 1. The van der Waals surface area contributed by atoms with Crippen LogP contribution in [0.5, 0.6) is 11.5 Å². The second kappa shape index (κ2) is 6.12. The minimum atomic E-state index is -1.26. The average molecular weight is 274 g/mol. The van der Waals surface area contributed by atoms with Gasteiger partial charge in [0.2, 0.25) is 0 Å². The molecule has 0 aliphatic carbocycles. The topological polar surface area (TPSA) is 42.8 Å². The largest absolute Gasteiger partial charge is 0.485 e. The highest BCUT2D eigenvalue weighted by Crippen LogP contribution is 2.31. The maximum absolute atomic E-state index is 5.77. The molecule has 3 rings (SSSR count). The monoisotopic (exact) mass is 274 g/mol. The number of ether oxygens (including phenoxy) is 2. The number of rotatable bonds is 1.